The monoisotopic (exact) mass is 239 g/mol. The van der Waals surface area contributed by atoms with E-state index in [1.54, 1.807) is 0 Å². The summed E-state index contributed by atoms with van der Waals surface area (Å²) in [7, 11) is 3.62. The highest BCUT2D eigenvalue weighted by Crippen LogP contribution is 2.38. The number of carbonyl (C=O) groups is 1. The molecule has 17 heavy (non-hydrogen) atoms. The molecule has 1 atom stereocenters. The first-order valence-electron chi connectivity index (χ1n) is 6.93. The minimum Gasteiger partial charge on any atom is -0.468 e. The van der Waals surface area contributed by atoms with Gasteiger partial charge in [0.2, 0.25) is 0 Å². The molecule has 3 nitrogen and oxygen atoms in total. The van der Waals surface area contributed by atoms with Gasteiger partial charge in [-0.25, -0.2) is 0 Å². The van der Waals surface area contributed by atoms with Crippen molar-refractivity contribution in [3.8, 4) is 0 Å². The Balaban J connectivity index is 1.96. The molecule has 2 aliphatic carbocycles. The van der Waals surface area contributed by atoms with Crippen LogP contribution in [0.5, 0.6) is 0 Å². The van der Waals surface area contributed by atoms with Crippen molar-refractivity contribution in [2.24, 2.45) is 11.8 Å². The Labute approximate surface area is 105 Å². The molecule has 2 rings (SSSR count). The SMILES string of the molecule is COC(=O)C(C1CC1)N(C)C1CCC(C)CC1. The van der Waals surface area contributed by atoms with Crippen LogP contribution in [0.4, 0.5) is 0 Å². The van der Waals surface area contributed by atoms with Gasteiger partial charge in [0.25, 0.3) is 0 Å². The average molecular weight is 239 g/mol. The summed E-state index contributed by atoms with van der Waals surface area (Å²) in [5.74, 6) is 1.37. The third-order valence-electron chi connectivity index (χ3n) is 4.51. The molecule has 0 saturated heterocycles. The molecular weight excluding hydrogens is 214 g/mol. The smallest absolute Gasteiger partial charge is 0.323 e. The molecule has 2 aliphatic rings. The molecule has 2 fully saturated rings. The minimum atomic E-state index is -0.0337. The van der Waals surface area contributed by atoms with Gasteiger partial charge in [-0.3, -0.25) is 9.69 Å². The van der Waals surface area contributed by atoms with Crippen LogP contribution >= 0.6 is 0 Å². The number of esters is 1. The molecule has 0 aliphatic heterocycles. The Bertz CT molecular complexity index is 267. The maximum atomic E-state index is 11.9. The Morgan fingerprint density at radius 2 is 1.76 bits per heavy atom. The number of ether oxygens (including phenoxy) is 1. The predicted octanol–water partition coefficient (Wildman–Crippen LogP) is 2.45. The second-order valence-corrected chi connectivity index (χ2v) is 5.88. The predicted molar refractivity (Wildman–Crippen MR) is 67.7 cm³/mol. The van der Waals surface area contributed by atoms with Gasteiger partial charge in [0.15, 0.2) is 0 Å². The summed E-state index contributed by atoms with van der Waals surface area (Å²) >= 11 is 0. The number of rotatable bonds is 4. The Morgan fingerprint density at radius 1 is 1.18 bits per heavy atom. The highest BCUT2D eigenvalue weighted by Gasteiger charge is 2.42. The number of likely N-dealkylation sites (N-methyl/N-ethyl adjacent to an activating group) is 1. The van der Waals surface area contributed by atoms with Crippen molar-refractivity contribution >= 4 is 5.97 Å². The van der Waals surface area contributed by atoms with Crippen molar-refractivity contribution in [3.05, 3.63) is 0 Å². The van der Waals surface area contributed by atoms with Gasteiger partial charge < -0.3 is 4.74 Å². The molecule has 0 aromatic heterocycles. The van der Waals surface area contributed by atoms with Crippen LogP contribution in [-0.4, -0.2) is 37.1 Å². The van der Waals surface area contributed by atoms with E-state index in [2.05, 4.69) is 18.9 Å². The van der Waals surface area contributed by atoms with Crippen LogP contribution in [0.2, 0.25) is 0 Å². The van der Waals surface area contributed by atoms with Crippen LogP contribution in [0.1, 0.15) is 45.4 Å². The van der Waals surface area contributed by atoms with Gasteiger partial charge in [0.05, 0.1) is 7.11 Å². The van der Waals surface area contributed by atoms with Gasteiger partial charge in [-0.1, -0.05) is 6.92 Å². The van der Waals surface area contributed by atoms with Crippen LogP contribution in [0.15, 0.2) is 0 Å². The summed E-state index contributed by atoms with van der Waals surface area (Å²) in [6.07, 6.45) is 7.44. The summed E-state index contributed by atoms with van der Waals surface area (Å²) in [6, 6.07) is 0.592. The maximum Gasteiger partial charge on any atom is 0.323 e. The number of nitrogens with zero attached hydrogens (tertiary/aromatic N) is 1. The second kappa shape index (κ2) is 5.38. The summed E-state index contributed by atoms with van der Waals surface area (Å²) in [5, 5.41) is 0. The molecule has 0 spiro atoms. The van der Waals surface area contributed by atoms with Crippen LogP contribution in [0, 0.1) is 11.8 Å². The van der Waals surface area contributed by atoms with Crippen molar-refractivity contribution in [2.75, 3.05) is 14.2 Å². The summed E-state index contributed by atoms with van der Waals surface area (Å²) in [6.45, 7) is 2.33. The molecule has 1 unspecified atom stereocenters. The number of carbonyl (C=O) groups excluding carboxylic acids is 1. The third kappa shape index (κ3) is 3.01. The van der Waals surface area contributed by atoms with Crippen LogP contribution in [-0.2, 0) is 9.53 Å². The molecule has 98 valence electrons. The van der Waals surface area contributed by atoms with E-state index in [0.29, 0.717) is 12.0 Å². The van der Waals surface area contributed by atoms with Crippen molar-refractivity contribution in [1.82, 2.24) is 4.90 Å². The normalized spacial score (nSPS) is 31.3. The highest BCUT2D eigenvalue weighted by molar-refractivity contribution is 5.76. The first-order valence-corrected chi connectivity index (χ1v) is 6.93. The van der Waals surface area contributed by atoms with E-state index in [9.17, 15) is 4.79 Å². The zero-order valence-electron chi connectivity index (χ0n) is 11.3. The lowest BCUT2D eigenvalue weighted by molar-refractivity contribution is -0.148. The van der Waals surface area contributed by atoms with E-state index >= 15 is 0 Å². The van der Waals surface area contributed by atoms with E-state index in [1.807, 2.05) is 0 Å². The summed E-state index contributed by atoms with van der Waals surface area (Å²) in [4.78, 5) is 14.2. The highest BCUT2D eigenvalue weighted by atomic mass is 16.5. The van der Waals surface area contributed by atoms with Crippen molar-refractivity contribution in [3.63, 3.8) is 0 Å². The van der Waals surface area contributed by atoms with Gasteiger partial charge in [-0.15, -0.1) is 0 Å². The fourth-order valence-corrected chi connectivity index (χ4v) is 3.10. The average Bonchev–Trinajstić information content (AvgIpc) is 3.14. The van der Waals surface area contributed by atoms with E-state index in [-0.39, 0.29) is 12.0 Å². The van der Waals surface area contributed by atoms with Gasteiger partial charge in [0, 0.05) is 6.04 Å². The Kier molecular flexibility index (Phi) is 4.08. The zero-order chi connectivity index (χ0) is 12.4. The number of hydrogen-bond acceptors (Lipinski definition) is 3. The van der Waals surface area contributed by atoms with Gasteiger partial charge in [-0.2, -0.15) is 0 Å². The van der Waals surface area contributed by atoms with Crippen molar-refractivity contribution < 1.29 is 9.53 Å². The maximum absolute atomic E-state index is 11.9. The summed E-state index contributed by atoms with van der Waals surface area (Å²) < 4.78 is 4.97. The lowest BCUT2D eigenvalue weighted by Gasteiger charge is -2.37. The molecule has 0 bridgehead atoms. The molecule has 0 heterocycles. The first kappa shape index (κ1) is 12.9. The quantitative estimate of drug-likeness (QED) is 0.706. The fraction of sp³-hybridized carbons (Fsp3) is 0.929. The third-order valence-corrected chi connectivity index (χ3v) is 4.51. The first-order chi connectivity index (χ1) is 8.13. The second-order valence-electron chi connectivity index (χ2n) is 5.88. The molecule has 3 heteroatoms. The van der Waals surface area contributed by atoms with Gasteiger partial charge in [0.1, 0.15) is 6.04 Å². The molecule has 0 N–H and O–H groups in total. The zero-order valence-corrected chi connectivity index (χ0v) is 11.3. The lowest BCUT2D eigenvalue weighted by atomic mass is 9.86. The van der Waals surface area contributed by atoms with E-state index in [4.69, 9.17) is 4.74 Å². The van der Waals surface area contributed by atoms with Crippen molar-refractivity contribution in [1.29, 1.82) is 0 Å². The lowest BCUT2D eigenvalue weighted by Crippen LogP contribution is -2.47. The van der Waals surface area contributed by atoms with Gasteiger partial charge >= 0.3 is 5.97 Å². The molecule has 0 aromatic rings. The fourth-order valence-electron chi connectivity index (χ4n) is 3.10. The van der Waals surface area contributed by atoms with Crippen molar-refractivity contribution in [2.45, 2.75) is 57.5 Å². The Hall–Kier alpha value is -0.570. The van der Waals surface area contributed by atoms with Crippen LogP contribution < -0.4 is 0 Å². The standard InChI is InChI=1S/C14H25NO2/c1-10-4-8-12(9-5-10)15(2)13(11-6-7-11)14(16)17-3/h10-13H,4-9H2,1-3H3. The molecular formula is C14H25NO2. The largest absolute Gasteiger partial charge is 0.468 e. The molecule has 2 saturated carbocycles. The molecule has 0 radical (unpaired) electrons. The number of methoxy groups -OCH3 is 1. The van der Waals surface area contributed by atoms with Crippen LogP contribution in [0.3, 0.4) is 0 Å². The van der Waals surface area contributed by atoms with E-state index in [0.717, 1.165) is 5.92 Å². The summed E-state index contributed by atoms with van der Waals surface area (Å²) in [5.41, 5.74) is 0. The topological polar surface area (TPSA) is 29.5 Å². The van der Waals surface area contributed by atoms with E-state index in [1.165, 1.54) is 45.6 Å². The minimum absolute atomic E-state index is 0.0124. The van der Waals surface area contributed by atoms with Gasteiger partial charge in [-0.05, 0) is 57.4 Å². The van der Waals surface area contributed by atoms with E-state index < -0.39 is 0 Å². The number of hydrogen-bond donors (Lipinski definition) is 0. The molecule has 0 amide bonds. The molecule has 0 aromatic carbocycles. The van der Waals surface area contributed by atoms with Crippen LogP contribution in [0.25, 0.3) is 0 Å². The Morgan fingerprint density at radius 3 is 2.24 bits per heavy atom.